The number of hydrogen-bond acceptors (Lipinski definition) is 10. The van der Waals surface area contributed by atoms with Gasteiger partial charge in [-0.3, -0.25) is 0 Å². The van der Waals surface area contributed by atoms with Gasteiger partial charge >= 0.3 is 0 Å². The molecule has 0 spiro atoms. The van der Waals surface area contributed by atoms with E-state index in [1.807, 2.05) is 91.0 Å². The summed E-state index contributed by atoms with van der Waals surface area (Å²) in [6.45, 7) is 36.6. The summed E-state index contributed by atoms with van der Waals surface area (Å²) >= 11 is 0. The molecule has 0 fully saturated rings. The van der Waals surface area contributed by atoms with Gasteiger partial charge < -0.3 is 9.53 Å². The Hall–Kier alpha value is -5.78. The molecule has 10 nitrogen and oxygen atoms in total. The molecule has 5 atom stereocenters. The molecule has 568 valence electrons. The molecular formula is C88H128O10S4Si. The van der Waals surface area contributed by atoms with Crippen LogP contribution >= 0.6 is 0 Å². The highest BCUT2D eigenvalue weighted by molar-refractivity contribution is 7.93. The zero-order valence-electron chi connectivity index (χ0n) is 65.6. The largest absolute Gasteiger partial charge is 0.416 e. The molecule has 4 aromatic rings. The van der Waals surface area contributed by atoms with Gasteiger partial charge in [0, 0.05) is 6.61 Å². The van der Waals surface area contributed by atoms with Gasteiger partial charge in [0.05, 0.1) is 47.2 Å². The highest BCUT2D eigenvalue weighted by Gasteiger charge is 2.45. The van der Waals surface area contributed by atoms with Gasteiger partial charge in [-0.25, -0.2) is 33.7 Å². The number of allylic oxidation sites excluding steroid dienone is 15. The van der Waals surface area contributed by atoms with Crippen molar-refractivity contribution in [1.82, 2.24) is 0 Å². The summed E-state index contributed by atoms with van der Waals surface area (Å²) < 4.78 is 122. The summed E-state index contributed by atoms with van der Waals surface area (Å²) in [7, 11) is -17.2. The first-order valence-electron chi connectivity index (χ1n) is 37.6. The van der Waals surface area contributed by atoms with Gasteiger partial charge in [-0.05, 0) is 255 Å². The van der Waals surface area contributed by atoms with Gasteiger partial charge in [0.1, 0.15) is 0 Å². The van der Waals surface area contributed by atoms with E-state index < -0.39 is 68.7 Å². The summed E-state index contributed by atoms with van der Waals surface area (Å²) in [5, 5.41) is 7.27. The van der Waals surface area contributed by atoms with Crippen LogP contribution in [0.2, 0.25) is 16.6 Å². The maximum absolute atomic E-state index is 14.5. The highest BCUT2D eigenvalue weighted by Crippen LogP contribution is 2.43. The first kappa shape index (κ1) is 89.6. The smallest absolute Gasteiger partial charge is 0.200 e. The van der Waals surface area contributed by atoms with E-state index in [1.165, 1.54) is 11.1 Å². The lowest BCUT2D eigenvalue weighted by Gasteiger charge is -2.42. The SMILES string of the molecule is CC(C)=CCC/C(C)=C/CC/C(C)=C/C(C/C(C)=C\CC/C(C)=C\C(C/C(C)=C\CC/C(C)=C\C(C/C(C)=C\CC/C(C)=C\C(C/C(=C\CC[C@H](C)CCO[Si](C(C)C)(C(C)C)C(C)C)CO)S(=O)(=O)c1ccccc1)S(=O)(=O)c1ccccc1)S(=O)(=O)c1ccccc1)S(=O)(=O)c1ccccc1. The van der Waals surface area contributed by atoms with Crippen molar-refractivity contribution in [1.29, 1.82) is 0 Å². The highest BCUT2D eigenvalue weighted by atomic mass is 32.2. The van der Waals surface area contributed by atoms with E-state index in [0.717, 1.165) is 84.1 Å². The number of sulfone groups is 4. The van der Waals surface area contributed by atoms with Crippen LogP contribution in [0.5, 0.6) is 0 Å². The van der Waals surface area contributed by atoms with E-state index in [0.29, 0.717) is 84.4 Å². The molecular weight excluding hydrogens is 1370 g/mol. The third-order valence-electron chi connectivity index (χ3n) is 20.0. The zero-order valence-corrected chi connectivity index (χ0v) is 69.9. The van der Waals surface area contributed by atoms with Crippen LogP contribution in [0, 0.1) is 5.92 Å². The minimum Gasteiger partial charge on any atom is -0.416 e. The molecule has 4 unspecified atom stereocenters. The van der Waals surface area contributed by atoms with Crippen molar-refractivity contribution < 1.29 is 43.2 Å². The topological polar surface area (TPSA) is 166 Å². The number of hydrogen-bond donors (Lipinski definition) is 1. The molecule has 4 aromatic carbocycles. The van der Waals surface area contributed by atoms with Crippen LogP contribution in [-0.4, -0.2) is 81.3 Å². The second-order valence-electron chi connectivity index (χ2n) is 30.3. The Bertz CT molecular complexity index is 4030. The van der Waals surface area contributed by atoms with Crippen LogP contribution in [0.4, 0.5) is 0 Å². The molecule has 15 heteroatoms. The fraction of sp³-hybridized carbons (Fsp3) is 0.500. The van der Waals surface area contributed by atoms with E-state index in [9.17, 15) is 38.8 Å². The van der Waals surface area contributed by atoms with Crippen molar-refractivity contribution in [3.63, 3.8) is 0 Å². The zero-order chi connectivity index (χ0) is 76.6. The van der Waals surface area contributed by atoms with Crippen LogP contribution < -0.4 is 0 Å². The minimum absolute atomic E-state index is 0.155. The third-order valence-corrected chi connectivity index (χ3v) is 34.2. The molecule has 4 rings (SSSR count). The summed E-state index contributed by atoms with van der Waals surface area (Å²) in [4.78, 5) is 0.984. The van der Waals surface area contributed by atoms with Crippen molar-refractivity contribution in [2.75, 3.05) is 13.2 Å². The summed E-state index contributed by atoms with van der Waals surface area (Å²) in [5.74, 6) is 0.389. The fourth-order valence-corrected chi connectivity index (χ4v) is 26.5. The van der Waals surface area contributed by atoms with Crippen molar-refractivity contribution in [2.45, 2.75) is 284 Å². The van der Waals surface area contributed by atoms with E-state index in [-0.39, 0.29) is 40.6 Å². The van der Waals surface area contributed by atoms with Crippen LogP contribution in [-0.2, 0) is 43.8 Å². The van der Waals surface area contributed by atoms with Gasteiger partial charge in [0.2, 0.25) is 0 Å². The van der Waals surface area contributed by atoms with E-state index >= 15 is 0 Å². The maximum Gasteiger partial charge on any atom is 0.200 e. The molecule has 0 amide bonds. The molecule has 0 aliphatic heterocycles. The van der Waals surface area contributed by atoms with Crippen molar-refractivity contribution >= 4 is 47.7 Å². The average molecular weight is 1500 g/mol. The Morgan fingerprint density at radius 1 is 0.350 bits per heavy atom. The van der Waals surface area contributed by atoms with Crippen molar-refractivity contribution in [3.05, 3.63) is 238 Å². The molecule has 0 aliphatic rings. The lowest BCUT2D eigenvalue weighted by atomic mass is 9.99. The standard InChI is InChI=1S/C88H128O10S4Si/c1-67(2)36-30-37-71(9)38-31-40-73(11)58-85(99(90,91)81-48-22-18-23-49-81)59-74(12)41-32-42-75(13)60-86(100(92,93)82-50-24-19-25-51-82)61-76(14)43-33-44-77(15)62-87(101(94,95)83-52-26-20-27-53-83)63-78(16)45-34-46-79(17)64-88(102(96,97)84-54-28-21-29-55-84)65-80(66-89)47-35-39-72(10)56-57-98-103(68(3)4,69(5)6)70(7)8/h18-29,36,38,41,43,45,47-55,58,60,62,64,68-70,72,85-89H,30-35,37,39-40,42,44,46,56-57,59,61,63,65-66H2,1-17H3/b71-38+,73-58+,74-41-,75-60-,76-43-,77-62-,78-45-,79-64-,80-47+/t72-,85?,86?,87?,88?/m0/s1. The molecule has 103 heavy (non-hydrogen) atoms. The normalized spacial score (nSPS) is 15.8. The second-order valence-corrected chi connectivity index (χ2v) is 44.4. The minimum atomic E-state index is -3.84. The van der Waals surface area contributed by atoms with Gasteiger partial charge in [0.15, 0.2) is 47.7 Å². The van der Waals surface area contributed by atoms with Crippen LogP contribution in [0.15, 0.2) is 257 Å². The quantitative estimate of drug-likeness (QED) is 0.0332. The van der Waals surface area contributed by atoms with Crippen LogP contribution in [0.1, 0.15) is 227 Å². The Morgan fingerprint density at radius 2 is 0.621 bits per heavy atom. The molecule has 0 heterocycles. The second kappa shape index (κ2) is 44.4. The molecule has 1 N–H and O–H groups in total. The van der Waals surface area contributed by atoms with Gasteiger partial charge in [-0.1, -0.05) is 232 Å². The Labute approximate surface area is 627 Å². The van der Waals surface area contributed by atoms with Crippen LogP contribution in [0.3, 0.4) is 0 Å². The Kier molecular flexibility index (Phi) is 38.6. The van der Waals surface area contributed by atoms with E-state index in [4.69, 9.17) is 4.43 Å². The third kappa shape index (κ3) is 29.8. The van der Waals surface area contributed by atoms with Crippen molar-refractivity contribution in [3.8, 4) is 0 Å². The molecule has 0 bridgehead atoms. The lowest BCUT2D eigenvalue weighted by molar-refractivity contribution is 0.248. The summed E-state index contributed by atoms with van der Waals surface area (Å²) in [5.41, 5.74) is 11.3. The van der Waals surface area contributed by atoms with Gasteiger partial charge in [0.25, 0.3) is 0 Å². The number of benzene rings is 4. The molecule has 0 aromatic heterocycles. The predicted octanol–water partition coefficient (Wildman–Crippen LogP) is 23.3. The van der Waals surface area contributed by atoms with E-state index in [2.05, 4.69) is 93.5 Å². The fourth-order valence-electron chi connectivity index (χ4n) is 14.0. The number of aliphatic hydroxyl groups excluding tert-OH is 1. The predicted molar refractivity (Wildman–Crippen MR) is 439 cm³/mol. The molecule has 0 saturated heterocycles. The molecule has 0 radical (unpaired) electrons. The number of rotatable bonds is 46. The Balaban J connectivity index is 1.52. The monoisotopic (exact) mass is 1500 g/mol. The van der Waals surface area contributed by atoms with Gasteiger partial charge in [-0.2, -0.15) is 0 Å². The summed E-state index contributed by atoms with van der Waals surface area (Å²) in [6.07, 6.45) is 30.7. The first-order chi connectivity index (χ1) is 48.6. The van der Waals surface area contributed by atoms with Crippen LogP contribution in [0.25, 0.3) is 0 Å². The Morgan fingerprint density at radius 3 is 0.903 bits per heavy atom. The summed E-state index contributed by atoms with van der Waals surface area (Å²) in [6, 6.07) is 34.1. The average Bonchev–Trinajstić information content (AvgIpc) is 0.853. The number of aliphatic hydroxyl groups is 1. The van der Waals surface area contributed by atoms with E-state index in [1.54, 1.807) is 115 Å². The maximum atomic E-state index is 14.5. The lowest BCUT2D eigenvalue weighted by Crippen LogP contribution is -2.48. The first-order valence-corrected chi connectivity index (χ1v) is 45.9. The molecule has 0 aliphatic carbocycles. The van der Waals surface area contributed by atoms with Crippen molar-refractivity contribution in [2.24, 2.45) is 5.92 Å². The van der Waals surface area contributed by atoms with Gasteiger partial charge in [-0.15, -0.1) is 0 Å². The molecule has 0 saturated carbocycles.